The van der Waals surface area contributed by atoms with Gasteiger partial charge in [0.15, 0.2) is 0 Å². The van der Waals surface area contributed by atoms with Gasteiger partial charge in [-0.15, -0.1) is 0 Å². The lowest BCUT2D eigenvalue weighted by atomic mass is 9.89. The number of allylic oxidation sites excluding steroid dienone is 1. The molecule has 0 aromatic rings. The van der Waals surface area contributed by atoms with Crippen LogP contribution in [0.15, 0.2) is 11.8 Å². The average Bonchev–Trinajstić information content (AvgIpc) is 2.04. The molecule has 13 heavy (non-hydrogen) atoms. The lowest BCUT2D eigenvalue weighted by molar-refractivity contribution is -0.540. The Morgan fingerprint density at radius 1 is 1.46 bits per heavy atom. The molecule has 2 atom stereocenters. The van der Waals surface area contributed by atoms with Crippen LogP contribution in [0.25, 0.3) is 0 Å². The van der Waals surface area contributed by atoms with Gasteiger partial charge < -0.3 is 0 Å². The molecule has 1 unspecified atom stereocenters. The highest BCUT2D eigenvalue weighted by Crippen LogP contribution is 2.25. The van der Waals surface area contributed by atoms with Gasteiger partial charge >= 0.3 is 0 Å². The maximum Gasteiger partial charge on any atom is 0.249 e. The zero-order chi connectivity index (χ0) is 10.0. The summed E-state index contributed by atoms with van der Waals surface area (Å²) in [5, 5.41) is 20.8. The largest absolute Gasteiger partial charge is 0.264 e. The molecule has 0 aliphatic heterocycles. The molecule has 1 rings (SSSR count). The van der Waals surface area contributed by atoms with Crippen molar-refractivity contribution in [1.82, 2.24) is 0 Å². The molecule has 1 aliphatic carbocycles. The van der Waals surface area contributed by atoms with Gasteiger partial charge in [-0.05, 0) is 12.5 Å². The Morgan fingerprint density at radius 3 is 2.54 bits per heavy atom. The van der Waals surface area contributed by atoms with Gasteiger partial charge in [0.25, 0.3) is 0 Å². The van der Waals surface area contributed by atoms with E-state index in [9.17, 15) is 20.2 Å². The quantitative estimate of drug-likeness (QED) is 0.479. The topological polar surface area (TPSA) is 86.3 Å². The number of nitrogens with zero attached hydrogens (tertiary/aromatic N) is 2. The standard InChI is InChI=1S/C7H10N2O4/c1-5-2-3-6(8(10)11)4-7(5)9(12)13/h3,5,7H,2,4H2,1H3/t5-,7?/m1/s1. The molecule has 1 aliphatic rings. The van der Waals surface area contributed by atoms with Gasteiger partial charge in [-0.3, -0.25) is 20.2 Å². The summed E-state index contributed by atoms with van der Waals surface area (Å²) in [6.07, 6.45) is 1.84. The first-order chi connectivity index (χ1) is 6.02. The van der Waals surface area contributed by atoms with E-state index in [0.717, 1.165) is 0 Å². The Hall–Kier alpha value is -1.46. The summed E-state index contributed by atoms with van der Waals surface area (Å²) in [4.78, 5) is 19.9. The van der Waals surface area contributed by atoms with Crippen LogP contribution in [0.5, 0.6) is 0 Å². The molecule has 0 bridgehead atoms. The van der Waals surface area contributed by atoms with Crippen molar-refractivity contribution >= 4 is 0 Å². The van der Waals surface area contributed by atoms with E-state index in [1.165, 1.54) is 6.08 Å². The lowest BCUT2D eigenvalue weighted by Gasteiger charge is -2.17. The summed E-state index contributed by atoms with van der Waals surface area (Å²) in [5.41, 5.74) is -0.0280. The molecule has 0 radical (unpaired) electrons. The minimum absolute atomic E-state index is 0.0280. The van der Waals surface area contributed by atoms with Crippen LogP contribution in [0.2, 0.25) is 0 Å². The maximum atomic E-state index is 10.5. The molecule has 0 saturated carbocycles. The van der Waals surface area contributed by atoms with E-state index < -0.39 is 15.9 Å². The number of rotatable bonds is 2. The fourth-order valence-electron chi connectivity index (χ4n) is 1.41. The predicted molar refractivity (Wildman–Crippen MR) is 44.3 cm³/mol. The molecular weight excluding hydrogens is 176 g/mol. The maximum absolute atomic E-state index is 10.5. The number of nitro groups is 2. The molecule has 0 amide bonds. The van der Waals surface area contributed by atoms with Gasteiger partial charge in [0.2, 0.25) is 11.7 Å². The van der Waals surface area contributed by atoms with E-state index in [0.29, 0.717) is 6.42 Å². The molecule has 0 fully saturated rings. The van der Waals surface area contributed by atoms with Gasteiger partial charge in [-0.25, -0.2) is 0 Å². The third-order valence-corrected chi connectivity index (χ3v) is 2.31. The van der Waals surface area contributed by atoms with Crippen LogP contribution in [-0.4, -0.2) is 15.9 Å². The molecule has 0 aromatic carbocycles. The van der Waals surface area contributed by atoms with Crippen LogP contribution in [0.1, 0.15) is 19.8 Å². The van der Waals surface area contributed by atoms with Crippen molar-refractivity contribution in [3.63, 3.8) is 0 Å². The molecular formula is C7H10N2O4. The van der Waals surface area contributed by atoms with Gasteiger partial charge in [0, 0.05) is 10.8 Å². The van der Waals surface area contributed by atoms with E-state index in [-0.39, 0.29) is 18.0 Å². The summed E-state index contributed by atoms with van der Waals surface area (Å²) in [7, 11) is 0. The minimum atomic E-state index is -0.801. The average molecular weight is 186 g/mol. The third-order valence-electron chi connectivity index (χ3n) is 2.31. The Bertz CT molecular complexity index is 274. The molecule has 0 N–H and O–H groups in total. The molecule has 6 nitrogen and oxygen atoms in total. The summed E-state index contributed by atoms with van der Waals surface area (Å²) >= 11 is 0. The van der Waals surface area contributed by atoms with Gasteiger partial charge in [0.1, 0.15) is 6.42 Å². The fraction of sp³-hybridized carbons (Fsp3) is 0.714. The SMILES string of the molecule is C[C@@H]1CC=C([N+](=O)[O-])CC1[N+](=O)[O-]. The van der Waals surface area contributed by atoms with Crippen molar-refractivity contribution in [3.05, 3.63) is 32.0 Å². The van der Waals surface area contributed by atoms with Gasteiger partial charge in [0.05, 0.1) is 4.92 Å². The molecule has 72 valence electrons. The van der Waals surface area contributed by atoms with Crippen molar-refractivity contribution in [2.24, 2.45) is 5.92 Å². The summed E-state index contributed by atoms with van der Waals surface area (Å²) in [6.45, 7) is 1.74. The molecule has 0 spiro atoms. The van der Waals surface area contributed by atoms with Crippen LogP contribution in [-0.2, 0) is 0 Å². The first kappa shape index (κ1) is 9.63. The Balaban J connectivity index is 2.78. The second kappa shape index (κ2) is 3.51. The number of hydrogen-bond acceptors (Lipinski definition) is 4. The van der Waals surface area contributed by atoms with Crippen LogP contribution >= 0.6 is 0 Å². The van der Waals surface area contributed by atoms with Gasteiger partial charge in [-0.1, -0.05) is 6.92 Å². The summed E-state index contributed by atoms with van der Waals surface area (Å²) < 4.78 is 0. The van der Waals surface area contributed by atoms with E-state index >= 15 is 0 Å². The summed E-state index contributed by atoms with van der Waals surface area (Å²) in [5.74, 6) is -0.112. The van der Waals surface area contributed by atoms with E-state index in [2.05, 4.69) is 0 Å². The predicted octanol–water partition coefficient (Wildman–Crippen LogP) is 1.22. The zero-order valence-electron chi connectivity index (χ0n) is 7.17. The highest BCUT2D eigenvalue weighted by atomic mass is 16.6. The Morgan fingerprint density at radius 2 is 2.08 bits per heavy atom. The Kier molecular flexibility index (Phi) is 2.60. The lowest BCUT2D eigenvalue weighted by Crippen LogP contribution is -2.31. The molecule has 0 aromatic heterocycles. The highest BCUT2D eigenvalue weighted by molar-refractivity contribution is 5.00. The first-order valence-corrected chi connectivity index (χ1v) is 3.99. The summed E-state index contributed by atoms with van der Waals surface area (Å²) in [6, 6.07) is -0.801. The second-order valence-corrected chi connectivity index (χ2v) is 3.22. The molecule has 0 saturated heterocycles. The highest BCUT2D eigenvalue weighted by Gasteiger charge is 2.36. The molecule has 0 heterocycles. The fourth-order valence-corrected chi connectivity index (χ4v) is 1.41. The van der Waals surface area contributed by atoms with Crippen molar-refractivity contribution < 1.29 is 9.85 Å². The van der Waals surface area contributed by atoms with Crippen LogP contribution in [0.3, 0.4) is 0 Å². The van der Waals surface area contributed by atoms with Crippen molar-refractivity contribution in [2.45, 2.75) is 25.8 Å². The zero-order valence-corrected chi connectivity index (χ0v) is 7.17. The van der Waals surface area contributed by atoms with Crippen LogP contribution < -0.4 is 0 Å². The van der Waals surface area contributed by atoms with Crippen molar-refractivity contribution in [3.8, 4) is 0 Å². The first-order valence-electron chi connectivity index (χ1n) is 3.99. The van der Waals surface area contributed by atoms with Crippen LogP contribution in [0, 0.1) is 26.1 Å². The minimum Gasteiger partial charge on any atom is -0.264 e. The van der Waals surface area contributed by atoms with Crippen LogP contribution in [0.4, 0.5) is 0 Å². The normalized spacial score (nSPS) is 27.9. The molecule has 6 heteroatoms. The van der Waals surface area contributed by atoms with Crippen molar-refractivity contribution in [1.29, 1.82) is 0 Å². The number of hydrogen-bond donors (Lipinski definition) is 0. The van der Waals surface area contributed by atoms with Gasteiger partial charge in [-0.2, -0.15) is 0 Å². The third kappa shape index (κ3) is 2.01. The van der Waals surface area contributed by atoms with Crippen molar-refractivity contribution in [2.75, 3.05) is 0 Å². The monoisotopic (exact) mass is 186 g/mol. The second-order valence-electron chi connectivity index (χ2n) is 3.22. The Labute approximate surface area is 74.5 Å². The smallest absolute Gasteiger partial charge is 0.249 e. The van der Waals surface area contributed by atoms with E-state index in [1.54, 1.807) is 6.92 Å². The van der Waals surface area contributed by atoms with E-state index in [1.807, 2.05) is 0 Å². The van der Waals surface area contributed by atoms with E-state index in [4.69, 9.17) is 0 Å².